The van der Waals surface area contributed by atoms with Crippen LogP contribution in [0, 0.1) is 0 Å². The van der Waals surface area contributed by atoms with E-state index in [2.05, 4.69) is 77.0 Å². The van der Waals surface area contributed by atoms with Gasteiger partial charge < -0.3 is 9.64 Å². The van der Waals surface area contributed by atoms with Crippen molar-refractivity contribution >= 4 is 16.6 Å². The molecule has 144 valence electrons. The van der Waals surface area contributed by atoms with E-state index in [-0.39, 0.29) is 6.04 Å². The molecule has 4 rings (SSSR count). The molecule has 1 aliphatic rings. The van der Waals surface area contributed by atoms with E-state index in [0.717, 1.165) is 32.0 Å². The van der Waals surface area contributed by atoms with E-state index in [0.29, 0.717) is 13.2 Å². The van der Waals surface area contributed by atoms with E-state index in [4.69, 9.17) is 9.72 Å². The van der Waals surface area contributed by atoms with Gasteiger partial charge in [-0.05, 0) is 17.0 Å². The van der Waals surface area contributed by atoms with Gasteiger partial charge in [0.1, 0.15) is 5.82 Å². The van der Waals surface area contributed by atoms with Crippen molar-refractivity contribution < 1.29 is 4.74 Å². The van der Waals surface area contributed by atoms with Crippen LogP contribution in [0.4, 0.5) is 5.82 Å². The molecule has 1 aromatic heterocycles. The average Bonchev–Trinajstić information content (AvgIpc) is 2.75. The molecule has 4 nitrogen and oxygen atoms in total. The predicted molar refractivity (Wildman–Crippen MR) is 116 cm³/mol. The second-order valence-electron chi connectivity index (χ2n) is 7.25. The second-order valence-corrected chi connectivity index (χ2v) is 7.25. The lowest BCUT2D eigenvalue weighted by Crippen LogP contribution is -2.55. The quantitative estimate of drug-likeness (QED) is 0.460. The maximum Gasteiger partial charge on any atom is 0.136 e. The normalized spacial score (nSPS) is 17.7. The van der Waals surface area contributed by atoms with Crippen LogP contribution in [0.15, 0.2) is 79.5 Å². The molecule has 0 saturated carbocycles. The van der Waals surface area contributed by atoms with Crippen molar-refractivity contribution in [3.8, 4) is 0 Å². The van der Waals surface area contributed by atoms with Crippen LogP contribution < -0.4 is 4.90 Å². The van der Waals surface area contributed by atoms with E-state index in [1.807, 2.05) is 12.3 Å². The fourth-order valence-corrected chi connectivity index (χ4v) is 3.95. The zero-order chi connectivity index (χ0) is 19.2. The van der Waals surface area contributed by atoms with Gasteiger partial charge in [0.15, 0.2) is 0 Å². The first kappa shape index (κ1) is 18.7. The zero-order valence-electron chi connectivity index (χ0n) is 16.2. The van der Waals surface area contributed by atoms with Gasteiger partial charge in [-0.15, -0.1) is 6.58 Å². The number of anilines is 1. The highest BCUT2D eigenvalue weighted by molar-refractivity contribution is 5.92. The highest BCUT2D eigenvalue weighted by atomic mass is 16.5. The molecule has 2 heterocycles. The Morgan fingerprint density at radius 2 is 1.86 bits per heavy atom. The number of aromatic nitrogens is 1. The molecular formula is C24H27N3O. The minimum atomic E-state index is 0.260. The number of fused-ring (bicyclic) bond motifs is 1. The molecule has 0 N–H and O–H groups in total. The Morgan fingerprint density at radius 1 is 1.04 bits per heavy atom. The molecule has 0 unspecified atom stereocenters. The molecule has 3 aromatic rings. The lowest BCUT2D eigenvalue weighted by Gasteiger charge is -2.42. The third-order valence-corrected chi connectivity index (χ3v) is 5.29. The molecular weight excluding hydrogens is 346 g/mol. The predicted octanol–water partition coefficient (Wildman–Crippen LogP) is 4.13. The highest BCUT2D eigenvalue weighted by Crippen LogP contribution is 2.28. The molecule has 0 spiro atoms. The fraction of sp³-hybridized carbons (Fsp3) is 0.292. The lowest BCUT2D eigenvalue weighted by atomic mass is 10.1. The average molecular weight is 374 g/mol. The summed E-state index contributed by atoms with van der Waals surface area (Å²) in [5.74, 6) is 1.06. The molecule has 1 aliphatic heterocycles. The largest absolute Gasteiger partial charge is 0.375 e. The summed E-state index contributed by atoms with van der Waals surface area (Å²) in [7, 11) is 0. The van der Waals surface area contributed by atoms with Crippen LogP contribution in [0.25, 0.3) is 10.8 Å². The van der Waals surface area contributed by atoms with Gasteiger partial charge in [-0.2, -0.15) is 0 Å². The Hall–Kier alpha value is -2.69. The maximum atomic E-state index is 5.87. The fourth-order valence-electron chi connectivity index (χ4n) is 3.95. The second kappa shape index (κ2) is 9.00. The molecule has 1 saturated heterocycles. The van der Waals surface area contributed by atoms with Gasteiger partial charge >= 0.3 is 0 Å². The minimum Gasteiger partial charge on any atom is -0.375 e. The van der Waals surface area contributed by atoms with Gasteiger partial charge in [0.25, 0.3) is 0 Å². The van der Waals surface area contributed by atoms with Gasteiger partial charge in [0, 0.05) is 37.8 Å². The number of nitrogens with zero attached hydrogens (tertiary/aromatic N) is 3. The summed E-state index contributed by atoms with van der Waals surface area (Å²) in [5, 5.41) is 2.43. The highest BCUT2D eigenvalue weighted by Gasteiger charge is 2.29. The third-order valence-electron chi connectivity index (χ3n) is 5.29. The van der Waals surface area contributed by atoms with Crippen molar-refractivity contribution in [3.63, 3.8) is 0 Å². The Morgan fingerprint density at radius 3 is 2.71 bits per heavy atom. The topological polar surface area (TPSA) is 28.6 Å². The Balaban J connectivity index is 1.56. The Kier molecular flexibility index (Phi) is 6.00. The molecule has 1 atom stereocenters. The van der Waals surface area contributed by atoms with E-state index in [9.17, 15) is 0 Å². The van der Waals surface area contributed by atoms with Gasteiger partial charge in [-0.3, -0.25) is 4.90 Å². The summed E-state index contributed by atoms with van der Waals surface area (Å²) in [5.41, 5.74) is 1.35. The Labute approximate surface area is 167 Å². The molecule has 0 amide bonds. The summed E-state index contributed by atoms with van der Waals surface area (Å²) in [6, 6.07) is 21.5. The Bertz CT molecular complexity index is 907. The number of piperazine rings is 1. The minimum absolute atomic E-state index is 0.260. The van der Waals surface area contributed by atoms with Crippen molar-refractivity contribution in [1.29, 1.82) is 0 Å². The van der Waals surface area contributed by atoms with Crippen LogP contribution in [-0.4, -0.2) is 48.8 Å². The van der Waals surface area contributed by atoms with E-state index >= 15 is 0 Å². The summed E-state index contributed by atoms with van der Waals surface area (Å²) in [6.07, 6.45) is 3.72. The van der Waals surface area contributed by atoms with Crippen LogP contribution >= 0.6 is 0 Å². The molecule has 1 fully saturated rings. The summed E-state index contributed by atoms with van der Waals surface area (Å²) in [6.45, 7) is 8.89. The van der Waals surface area contributed by atoms with Crippen LogP contribution in [0.5, 0.6) is 0 Å². The molecule has 0 radical (unpaired) electrons. The first-order valence-corrected chi connectivity index (χ1v) is 9.90. The van der Waals surface area contributed by atoms with Crippen LogP contribution in [-0.2, 0) is 11.3 Å². The molecule has 28 heavy (non-hydrogen) atoms. The van der Waals surface area contributed by atoms with E-state index in [1.165, 1.54) is 16.3 Å². The molecule has 0 aliphatic carbocycles. The van der Waals surface area contributed by atoms with Gasteiger partial charge in [0.2, 0.25) is 0 Å². The number of ether oxygens (including phenoxy) is 1. The van der Waals surface area contributed by atoms with Crippen LogP contribution in [0.2, 0.25) is 0 Å². The summed E-state index contributed by atoms with van der Waals surface area (Å²) < 4.78 is 5.87. The van der Waals surface area contributed by atoms with Crippen molar-refractivity contribution in [2.24, 2.45) is 0 Å². The smallest absolute Gasteiger partial charge is 0.136 e. The third kappa shape index (κ3) is 4.24. The number of pyridine rings is 1. The van der Waals surface area contributed by atoms with Crippen LogP contribution in [0.1, 0.15) is 5.56 Å². The number of rotatable bonds is 7. The lowest BCUT2D eigenvalue weighted by molar-refractivity contribution is 0.109. The molecule has 4 heteroatoms. The van der Waals surface area contributed by atoms with Gasteiger partial charge in [-0.25, -0.2) is 4.98 Å². The first-order valence-electron chi connectivity index (χ1n) is 9.90. The van der Waals surface area contributed by atoms with Crippen molar-refractivity contribution in [1.82, 2.24) is 9.88 Å². The first-order chi connectivity index (χ1) is 13.8. The van der Waals surface area contributed by atoms with Crippen molar-refractivity contribution in [3.05, 3.63) is 85.1 Å². The van der Waals surface area contributed by atoms with Gasteiger partial charge in [0.05, 0.1) is 19.3 Å². The zero-order valence-corrected chi connectivity index (χ0v) is 16.2. The van der Waals surface area contributed by atoms with E-state index < -0.39 is 0 Å². The van der Waals surface area contributed by atoms with Gasteiger partial charge in [-0.1, -0.05) is 60.7 Å². The van der Waals surface area contributed by atoms with Crippen molar-refractivity contribution in [2.75, 3.05) is 37.7 Å². The number of hydrogen-bond acceptors (Lipinski definition) is 4. The summed E-state index contributed by atoms with van der Waals surface area (Å²) in [4.78, 5) is 9.69. The van der Waals surface area contributed by atoms with Crippen LogP contribution in [0.3, 0.4) is 0 Å². The number of benzene rings is 2. The standard InChI is InChI=1S/C24H27N3O/c1-2-16-28-19-22-18-26(17-20-8-4-3-5-9-20)14-15-27(22)24-23-11-7-6-10-21(23)12-13-25-24/h2-13,22H,1,14-19H2/t22-/m0/s1. The monoisotopic (exact) mass is 373 g/mol. The number of hydrogen-bond donors (Lipinski definition) is 0. The maximum absolute atomic E-state index is 5.87. The SMILES string of the molecule is C=CCOC[C@@H]1CN(Cc2ccccc2)CCN1c1nccc2ccccc12. The molecule has 2 aromatic carbocycles. The molecule has 0 bridgehead atoms. The summed E-state index contributed by atoms with van der Waals surface area (Å²) >= 11 is 0. The van der Waals surface area contributed by atoms with E-state index in [1.54, 1.807) is 0 Å². The van der Waals surface area contributed by atoms with Crippen molar-refractivity contribution in [2.45, 2.75) is 12.6 Å².